The Labute approximate surface area is 224 Å². The zero-order valence-electron chi connectivity index (χ0n) is 19.7. The molecule has 0 aromatic rings. The Hall–Kier alpha value is 1.51. The molecule has 170 valence electrons. The first-order valence-corrected chi connectivity index (χ1v) is 13.5. The Morgan fingerprint density at radius 3 is 1.14 bits per heavy atom. The second-order valence-corrected chi connectivity index (χ2v) is 10.2. The van der Waals surface area contributed by atoms with Gasteiger partial charge in [-0.05, 0) is 25.7 Å². The fourth-order valence-corrected chi connectivity index (χ4v) is 4.59. The van der Waals surface area contributed by atoms with Gasteiger partial charge in [-0.3, -0.25) is 0 Å². The molecule has 0 saturated carbocycles. The van der Waals surface area contributed by atoms with Gasteiger partial charge in [-0.25, -0.2) is 8.42 Å². The van der Waals surface area contributed by atoms with Crippen molar-refractivity contribution in [3.63, 3.8) is 0 Å². The van der Waals surface area contributed by atoms with E-state index in [9.17, 15) is 18.1 Å². The fourth-order valence-electron chi connectivity index (χ4n) is 3.80. The van der Waals surface area contributed by atoms with Crippen LogP contribution in [-0.4, -0.2) is 23.0 Å². The molecule has 0 radical (unpaired) electrons. The monoisotopic (exact) mass is 458 g/mol. The summed E-state index contributed by atoms with van der Waals surface area (Å²) in [6.07, 6.45) is 21.1. The summed E-state index contributed by atoms with van der Waals surface area (Å²) in [4.78, 5) is -2.06. The largest absolute Gasteiger partial charge is 1.00 e. The SMILES string of the molecule is CCCCCCCCCCCCCCCCCC(O)(CCCCC)S(=O)(=O)[O-].[K+]. The maximum absolute atomic E-state index is 11.4. The van der Waals surface area contributed by atoms with Crippen LogP contribution in [0.2, 0.25) is 0 Å². The second kappa shape index (κ2) is 21.4. The molecule has 0 heterocycles. The van der Waals surface area contributed by atoms with Crippen LogP contribution < -0.4 is 51.4 Å². The maximum atomic E-state index is 11.4. The molecule has 1 N–H and O–H groups in total. The molecule has 0 aromatic carbocycles. The van der Waals surface area contributed by atoms with Crippen molar-refractivity contribution in [1.29, 1.82) is 0 Å². The maximum Gasteiger partial charge on any atom is 1.00 e. The molecule has 0 spiro atoms. The van der Waals surface area contributed by atoms with Gasteiger partial charge >= 0.3 is 51.4 Å². The fraction of sp³-hybridized carbons (Fsp3) is 1.00. The zero-order chi connectivity index (χ0) is 21.1. The molecule has 0 bridgehead atoms. The third kappa shape index (κ3) is 18.7. The van der Waals surface area contributed by atoms with E-state index in [1.165, 1.54) is 70.6 Å². The van der Waals surface area contributed by atoms with Crippen LogP contribution in [0, 0.1) is 0 Å². The average Bonchev–Trinajstić information content (AvgIpc) is 2.64. The van der Waals surface area contributed by atoms with Gasteiger partial charge in [0.2, 0.25) is 0 Å². The Bertz CT molecular complexity index is 442. The number of rotatable bonds is 21. The van der Waals surface area contributed by atoms with Gasteiger partial charge in [-0.1, -0.05) is 117 Å². The Morgan fingerprint density at radius 1 is 0.586 bits per heavy atom. The second-order valence-electron chi connectivity index (χ2n) is 8.56. The van der Waals surface area contributed by atoms with Crippen molar-refractivity contribution < 1.29 is 69.5 Å². The van der Waals surface area contributed by atoms with Crippen LogP contribution in [0.25, 0.3) is 0 Å². The normalized spacial score (nSPS) is 13.8. The molecule has 0 rings (SSSR count). The van der Waals surface area contributed by atoms with Crippen molar-refractivity contribution in [3.05, 3.63) is 0 Å². The van der Waals surface area contributed by atoms with E-state index in [0.717, 1.165) is 32.1 Å². The van der Waals surface area contributed by atoms with Crippen LogP contribution >= 0.6 is 0 Å². The first-order valence-electron chi connectivity index (χ1n) is 12.0. The van der Waals surface area contributed by atoms with Gasteiger partial charge in [-0.15, -0.1) is 0 Å². The molecule has 0 aliphatic heterocycles. The van der Waals surface area contributed by atoms with Crippen LogP contribution in [0.15, 0.2) is 0 Å². The van der Waals surface area contributed by atoms with E-state index in [-0.39, 0.29) is 64.2 Å². The summed E-state index contributed by atoms with van der Waals surface area (Å²) < 4.78 is 34.3. The van der Waals surface area contributed by atoms with E-state index in [2.05, 4.69) is 6.92 Å². The molecule has 29 heavy (non-hydrogen) atoms. The van der Waals surface area contributed by atoms with Crippen LogP contribution in [0.1, 0.15) is 142 Å². The number of unbranched alkanes of at least 4 members (excludes halogenated alkanes) is 16. The van der Waals surface area contributed by atoms with Crippen LogP contribution in [0.5, 0.6) is 0 Å². The minimum atomic E-state index is -4.66. The van der Waals surface area contributed by atoms with Gasteiger partial charge in [0.15, 0.2) is 4.93 Å². The van der Waals surface area contributed by atoms with Gasteiger partial charge in [0, 0.05) is 0 Å². The standard InChI is InChI=1S/C23H48O4S.K/c1-3-5-7-8-9-10-11-12-13-14-15-16-17-18-20-22-23(24,28(25,26)27)21-19-6-4-2;/h24H,3-22H2,1-2H3,(H,25,26,27);/q;+1/p-1. The Kier molecular flexibility index (Phi) is 24.1. The van der Waals surface area contributed by atoms with Crippen LogP contribution in [-0.2, 0) is 10.1 Å². The number of hydrogen-bond donors (Lipinski definition) is 1. The third-order valence-corrected chi connectivity index (χ3v) is 7.15. The molecule has 0 aliphatic rings. The molecule has 0 amide bonds. The van der Waals surface area contributed by atoms with Gasteiger partial charge in [0.25, 0.3) is 0 Å². The van der Waals surface area contributed by atoms with Crippen molar-refractivity contribution in [3.8, 4) is 0 Å². The zero-order valence-corrected chi connectivity index (χ0v) is 23.7. The predicted octanol–water partition coefficient (Wildman–Crippen LogP) is 4.07. The van der Waals surface area contributed by atoms with Crippen molar-refractivity contribution in [1.82, 2.24) is 0 Å². The quantitative estimate of drug-likeness (QED) is 0.160. The smallest absolute Gasteiger partial charge is 0.746 e. The minimum Gasteiger partial charge on any atom is -0.746 e. The van der Waals surface area contributed by atoms with Crippen LogP contribution in [0.3, 0.4) is 0 Å². The molecule has 0 saturated heterocycles. The molecule has 1 atom stereocenters. The van der Waals surface area contributed by atoms with Gasteiger partial charge in [0.05, 0.1) is 0 Å². The van der Waals surface area contributed by atoms with E-state index in [0.29, 0.717) is 12.8 Å². The summed E-state index contributed by atoms with van der Waals surface area (Å²) in [5, 5.41) is 10.3. The summed E-state index contributed by atoms with van der Waals surface area (Å²) in [6, 6.07) is 0. The first kappa shape index (κ1) is 32.7. The summed E-state index contributed by atoms with van der Waals surface area (Å²) in [6.45, 7) is 4.27. The van der Waals surface area contributed by atoms with E-state index in [1.54, 1.807) is 0 Å². The topological polar surface area (TPSA) is 77.4 Å². The summed E-state index contributed by atoms with van der Waals surface area (Å²) >= 11 is 0. The van der Waals surface area contributed by atoms with Gasteiger partial charge in [0.1, 0.15) is 10.1 Å². The van der Waals surface area contributed by atoms with Crippen molar-refractivity contribution in [2.75, 3.05) is 0 Å². The predicted molar refractivity (Wildman–Crippen MR) is 118 cm³/mol. The summed E-state index contributed by atoms with van der Waals surface area (Å²) in [5.41, 5.74) is 0. The van der Waals surface area contributed by atoms with E-state index >= 15 is 0 Å². The average molecular weight is 459 g/mol. The molecular weight excluding hydrogens is 411 g/mol. The molecule has 4 nitrogen and oxygen atoms in total. The third-order valence-electron chi connectivity index (χ3n) is 5.81. The van der Waals surface area contributed by atoms with Gasteiger partial charge in [-0.2, -0.15) is 0 Å². The molecule has 6 heteroatoms. The van der Waals surface area contributed by atoms with E-state index < -0.39 is 15.1 Å². The molecule has 1 unspecified atom stereocenters. The van der Waals surface area contributed by atoms with Crippen molar-refractivity contribution in [2.45, 2.75) is 147 Å². The Morgan fingerprint density at radius 2 is 0.828 bits per heavy atom. The summed E-state index contributed by atoms with van der Waals surface area (Å²) in [7, 11) is -4.66. The van der Waals surface area contributed by atoms with Crippen molar-refractivity contribution >= 4 is 10.1 Å². The number of hydrogen-bond acceptors (Lipinski definition) is 4. The first-order chi connectivity index (χ1) is 13.4. The minimum absolute atomic E-state index is 0. The van der Waals surface area contributed by atoms with E-state index in [1.807, 2.05) is 6.92 Å². The number of aliphatic hydroxyl groups is 1. The molecule has 0 aliphatic carbocycles. The molecular formula is C23H47KO4S. The molecule has 0 fully saturated rings. The Balaban J connectivity index is 0. The van der Waals surface area contributed by atoms with Gasteiger partial charge < -0.3 is 9.66 Å². The van der Waals surface area contributed by atoms with Crippen molar-refractivity contribution in [2.24, 2.45) is 0 Å². The summed E-state index contributed by atoms with van der Waals surface area (Å²) in [5.74, 6) is 0. The van der Waals surface area contributed by atoms with Crippen LogP contribution in [0.4, 0.5) is 0 Å². The van der Waals surface area contributed by atoms with E-state index in [4.69, 9.17) is 0 Å². The molecule has 0 aromatic heterocycles.